The zero-order valence-electron chi connectivity index (χ0n) is 7.78. The lowest BCUT2D eigenvalue weighted by atomic mass is 10.3. The molecule has 3 nitrogen and oxygen atoms in total. The van der Waals surface area contributed by atoms with Crippen molar-refractivity contribution >= 4 is 11.5 Å². The van der Waals surface area contributed by atoms with E-state index in [9.17, 15) is 0 Å². The van der Waals surface area contributed by atoms with Gasteiger partial charge < -0.3 is 10.6 Å². The first-order valence-corrected chi connectivity index (χ1v) is 4.06. The van der Waals surface area contributed by atoms with Crippen molar-refractivity contribution in [1.82, 2.24) is 4.98 Å². The Morgan fingerprint density at radius 3 is 2.67 bits per heavy atom. The predicted molar refractivity (Wildman–Crippen MR) is 52.2 cm³/mol. The van der Waals surface area contributed by atoms with Gasteiger partial charge in [-0.1, -0.05) is 0 Å². The minimum absolute atomic E-state index is 0.441. The Morgan fingerprint density at radius 2 is 2.17 bits per heavy atom. The van der Waals surface area contributed by atoms with Crippen LogP contribution < -0.4 is 10.6 Å². The van der Waals surface area contributed by atoms with Gasteiger partial charge in [-0.3, -0.25) is 0 Å². The molecule has 0 fully saturated rings. The van der Waals surface area contributed by atoms with Crippen molar-refractivity contribution in [2.24, 2.45) is 0 Å². The Labute approximate surface area is 73.2 Å². The molecule has 0 aliphatic rings. The van der Waals surface area contributed by atoms with Crippen LogP contribution in [0.3, 0.4) is 0 Å². The Bertz CT molecular complexity index is 258. The molecule has 0 bridgehead atoms. The van der Waals surface area contributed by atoms with Gasteiger partial charge in [-0.05, 0) is 26.0 Å². The molecule has 0 aliphatic heterocycles. The van der Waals surface area contributed by atoms with Crippen LogP contribution >= 0.6 is 0 Å². The number of anilines is 2. The van der Waals surface area contributed by atoms with Gasteiger partial charge in [0.15, 0.2) is 0 Å². The van der Waals surface area contributed by atoms with Crippen molar-refractivity contribution in [3.05, 3.63) is 18.3 Å². The maximum absolute atomic E-state index is 5.71. The molecule has 12 heavy (non-hydrogen) atoms. The molecule has 3 heteroatoms. The van der Waals surface area contributed by atoms with Crippen molar-refractivity contribution in [2.45, 2.75) is 19.9 Å². The van der Waals surface area contributed by atoms with E-state index in [0.717, 1.165) is 5.69 Å². The second-order valence-electron chi connectivity index (χ2n) is 3.11. The molecular formula is C9H15N3. The van der Waals surface area contributed by atoms with Gasteiger partial charge >= 0.3 is 0 Å². The van der Waals surface area contributed by atoms with Crippen molar-refractivity contribution in [2.75, 3.05) is 17.7 Å². The zero-order valence-corrected chi connectivity index (χ0v) is 7.78. The lowest BCUT2D eigenvalue weighted by molar-refractivity contribution is 0.754. The van der Waals surface area contributed by atoms with E-state index in [1.54, 1.807) is 6.20 Å². The summed E-state index contributed by atoms with van der Waals surface area (Å²) in [4.78, 5) is 6.12. The van der Waals surface area contributed by atoms with Crippen LogP contribution in [-0.4, -0.2) is 18.1 Å². The average Bonchev–Trinajstić information content (AvgIpc) is 2.04. The smallest absolute Gasteiger partial charge is 0.146 e. The van der Waals surface area contributed by atoms with Crippen LogP contribution in [0.25, 0.3) is 0 Å². The summed E-state index contributed by atoms with van der Waals surface area (Å²) in [5.74, 6) is 0.591. The summed E-state index contributed by atoms with van der Waals surface area (Å²) in [5.41, 5.74) is 6.70. The normalized spacial score (nSPS) is 10.3. The summed E-state index contributed by atoms with van der Waals surface area (Å²) < 4.78 is 0. The van der Waals surface area contributed by atoms with Crippen LogP contribution in [0.1, 0.15) is 13.8 Å². The van der Waals surface area contributed by atoms with Crippen molar-refractivity contribution in [1.29, 1.82) is 0 Å². The molecule has 0 atom stereocenters. The second-order valence-corrected chi connectivity index (χ2v) is 3.11. The maximum Gasteiger partial charge on any atom is 0.146 e. The summed E-state index contributed by atoms with van der Waals surface area (Å²) in [6, 6.07) is 4.31. The van der Waals surface area contributed by atoms with E-state index in [1.165, 1.54) is 0 Å². The first-order valence-electron chi connectivity index (χ1n) is 4.06. The monoisotopic (exact) mass is 165 g/mol. The molecule has 66 valence electrons. The van der Waals surface area contributed by atoms with Crippen molar-refractivity contribution in [3.63, 3.8) is 0 Å². The second kappa shape index (κ2) is 3.43. The summed E-state index contributed by atoms with van der Waals surface area (Å²) in [6.45, 7) is 4.24. The molecule has 1 aromatic rings. The van der Waals surface area contributed by atoms with Gasteiger partial charge in [0.25, 0.3) is 0 Å². The largest absolute Gasteiger partial charge is 0.382 e. The highest BCUT2D eigenvalue weighted by molar-refractivity contribution is 5.62. The molecule has 0 saturated heterocycles. The molecule has 0 spiro atoms. The number of pyridine rings is 1. The average molecular weight is 165 g/mol. The summed E-state index contributed by atoms with van der Waals surface area (Å²) in [7, 11) is 2.01. The topological polar surface area (TPSA) is 42.2 Å². The highest BCUT2D eigenvalue weighted by Gasteiger charge is 2.07. The van der Waals surface area contributed by atoms with E-state index < -0.39 is 0 Å². The van der Waals surface area contributed by atoms with Gasteiger partial charge in [-0.25, -0.2) is 4.98 Å². The van der Waals surface area contributed by atoms with Gasteiger partial charge in [0.05, 0.1) is 5.69 Å². The summed E-state index contributed by atoms with van der Waals surface area (Å²) >= 11 is 0. The summed E-state index contributed by atoms with van der Waals surface area (Å²) in [5, 5.41) is 0. The minimum Gasteiger partial charge on any atom is -0.382 e. The molecule has 1 heterocycles. The van der Waals surface area contributed by atoms with E-state index in [-0.39, 0.29) is 0 Å². The minimum atomic E-state index is 0.441. The van der Waals surface area contributed by atoms with Crippen LogP contribution in [0.4, 0.5) is 11.5 Å². The van der Waals surface area contributed by atoms with E-state index in [1.807, 2.05) is 19.2 Å². The van der Waals surface area contributed by atoms with E-state index in [2.05, 4.69) is 23.7 Å². The standard InChI is InChI=1S/C9H15N3/c1-7(2)12(3)8-5-4-6-11-9(8)10/h4-7H,1-3H3,(H2,10,11). The first-order chi connectivity index (χ1) is 5.63. The fourth-order valence-electron chi connectivity index (χ4n) is 0.985. The molecule has 1 aromatic heterocycles. The molecule has 0 unspecified atom stereocenters. The van der Waals surface area contributed by atoms with Crippen molar-refractivity contribution in [3.8, 4) is 0 Å². The summed E-state index contributed by atoms with van der Waals surface area (Å²) in [6.07, 6.45) is 1.70. The van der Waals surface area contributed by atoms with Crippen molar-refractivity contribution < 1.29 is 0 Å². The SMILES string of the molecule is CC(C)N(C)c1cccnc1N. The fourth-order valence-corrected chi connectivity index (χ4v) is 0.985. The number of nitrogens with zero attached hydrogens (tertiary/aromatic N) is 2. The molecule has 0 saturated carbocycles. The van der Waals surface area contributed by atoms with Crippen LogP contribution in [0, 0.1) is 0 Å². The highest BCUT2D eigenvalue weighted by Crippen LogP contribution is 2.19. The van der Waals surface area contributed by atoms with Gasteiger partial charge in [0.1, 0.15) is 5.82 Å². The highest BCUT2D eigenvalue weighted by atomic mass is 15.1. The van der Waals surface area contributed by atoms with Crippen LogP contribution in [-0.2, 0) is 0 Å². The third-order valence-corrected chi connectivity index (χ3v) is 1.97. The Hall–Kier alpha value is -1.25. The number of rotatable bonds is 2. The van der Waals surface area contributed by atoms with E-state index in [0.29, 0.717) is 11.9 Å². The van der Waals surface area contributed by atoms with Gasteiger partial charge in [0, 0.05) is 19.3 Å². The van der Waals surface area contributed by atoms with Crippen LogP contribution in [0.15, 0.2) is 18.3 Å². The quantitative estimate of drug-likeness (QED) is 0.722. The van der Waals surface area contributed by atoms with E-state index in [4.69, 9.17) is 5.73 Å². The Balaban J connectivity index is 2.94. The number of hydrogen-bond donors (Lipinski definition) is 1. The van der Waals surface area contributed by atoms with E-state index >= 15 is 0 Å². The molecule has 1 rings (SSSR count). The molecule has 0 aliphatic carbocycles. The molecule has 0 amide bonds. The molecular weight excluding hydrogens is 150 g/mol. The number of nitrogen functional groups attached to an aromatic ring is 1. The first kappa shape index (κ1) is 8.84. The number of nitrogens with two attached hydrogens (primary N) is 1. The maximum atomic E-state index is 5.71. The van der Waals surface area contributed by atoms with Crippen LogP contribution in [0.2, 0.25) is 0 Å². The third-order valence-electron chi connectivity index (χ3n) is 1.97. The number of aromatic nitrogens is 1. The fraction of sp³-hybridized carbons (Fsp3) is 0.444. The van der Waals surface area contributed by atoms with Crippen LogP contribution in [0.5, 0.6) is 0 Å². The zero-order chi connectivity index (χ0) is 9.14. The predicted octanol–water partition coefficient (Wildman–Crippen LogP) is 1.51. The molecule has 0 aromatic carbocycles. The Kier molecular flexibility index (Phi) is 2.53. The van der Waals surface area contributed by atoms with Gasteiger partial charge in [-0.2, -0.15) is 0 Å². The lowest BCUT2D eigenvalue weighted by Gasteiger charge is -2.24. The number of hydrogen-bond acceptors (Lipinski definition) is 3. The third kappa shape index (κ3) is 1.67. The molecule has 2 N–H and O–H groups in total. The lowest BCUT2D eigenvalue weighted by Crippen LogP contribution is -2.26. The van der Waals surface area contributed by atoms with Gasteiger partial charge in [-0.15, -0.1) is 0 Å². The van der Waals surface area contributed by atoms with Gasteiger partial charge in [0.2, 0.25) is 0 Å². The molecule has 0 radical (unpaired) electrons. The Morgan fingerprint density at radius 1 is 1.50 bits per heavy atom.